The highest BCUT2D eigenvalue weighted by Crippen LogP contribution is 2.28. The van der Waals surface area contributed by atoms with Gasteiger partial charge in [0.05, 0.1) is 30.7 Å². The molecule has 3 aromatic rings. The number of ether oxygens (including phenoxy) is 2. The van der Waals surface area contributed by atoms with Gasteiger partial charge in [-0.25, -0.2) is 8.78 Å². The Labute approximate surface area is 168 Å². The summed E-state index contributed by atoms with van der Waals surface area (Å²) in [5.41, 5.74) is 0.523. The summed E-state index contributed by atoms with van der Waals surface area (Å²) >= 11 is 3.30. The molecule has 1 aliphatic heterocycles. The first-order chi connectivity index (χ1) is 13.5. The Hall–Kier alpha value is -2.32. The zero-order valence-electron chi connectivity index (χ0n) is 14.8. The van der Waals surface area contributed by atoms with Crippen LogP contribution >= 0.6 is 15.9 Å². The maximum Gasteiger partial charge on any atom is 0.260 e. The minimum Gasteiger partial charge on any atom is -0.487 e. The van der Waals surface area contributed by atoms with Crippen molar-refractivity contribution in [1.82, 2.24) is 9.55 Å². The van der Waals surface area contributed by atoms with Crippen LogP contribution < -0.4 is 10.3 Å². The van der Waals surface area contributed by atoms with Crippen molar-refractivity contribution in [2.24, 2.45) is 0 Å². The van der Waals surface area contributed by atoms with Gasteiger partial charge in [0.2, 0.25) is 0 Å². The highest BCUT2D eigenvalue weighted by molar-refractivity contribution is 9.10. The minimum atomic E-state index is -0.778. The van der Waals surface area contributed by atoms with Crippen molar-refractivity contribution in [2.75, 3.05) is 13.2 Å². The maximum absolute atomic E-state index is 14.5. The molecule has 0 saturated carbocycles. The van der Waals surface area contributed by atoms with E-state index < -0.39 is 11.6 Å². The third-order valence-corrected chi connectivity index (χ3v) is 5.10. The van der Waals surface area contributed by atoms with Crippen LogP contribution in [0.2, 0.25) is 0 Å². The SMILES string of the molecule is O=c1c2cc(Br)cnc2ccn1Cc1cc(F)cc(F)c1OC1CCOCC1. The summed E-state index contributed by atoms with van der Waals surface area (Å²) in [5, 5.41) is 0.417. The van der Waals surface area contributed by atoms with E-state index in [0.29, 0.717) is 41.4 Å². The number of hydrogen-bond acceptors (Lipinski definition) is 4. The van der Waals surface area contributed by atoms with Crippen LogP contribution in [0.15, 0.2) is 45.9 Å². The number of pyridine rings is 2. The van der Waals surface area contributed by atoms with Crippen LogP contribution in [0.25, 0.3) is 10.9 Å². The number of nitrogens with zero attached hydrogens (tertiary/aromatic N) is 2. The summed E-state index contributed by atoms with van der Waals surface area (Å²) in [6.45, 7) is 1.05. The molecule has 0 spiro atoms. The highest BCUT2D eigenvalue weighted by Gasteiger charge is 2.21. The molecule has 28 heavy (non-hydrogen) atoms. The van der Waals surface area contributed by atoms with Gasteiger partial charge in [-0.1, -0.05) is 0 Å². The molecule has 4 rings (SSSR count). The Kier molecular flexibility index (Phi) is 5.41. The van der Waals surface area contributed by atoms with Gasteiger partial charge < -0.3 is 14.0 Å². The highest BCUT2D eigenvalue weighted by atomic mass is 79.9. The van der Waals surface area contributed by atoms with Crippen molar-refractivity contribution in [1.29, 1.82) is 0 Å². The monoisotopic (exact) mass is 450 g/mol. The average molecular weight is 451 g/mol. The predicted molar refractivity (Wildman–Crippen MR) is 104 cm³/mol. The molecule has 2 aromatic heterocycles. The summed E-state index contributed by atoms with van der Waals surface area (Å²) in [6.07, 6.45) is 4.22. The van der Waals surface area contributed by atoms with Crippen molar-refractivity contribution in [3.8, 4) is 5.75 Å². The van der Waals surface area contributed by atoms with Gasteiger partial charge in [-0.3, -0.25) is 9.78 Å². The summed E-state index contributed by atoms with van der Waals surface area (Å²) in [4.78, 5) is 17.0. The fourth-order valence-corrected chi connectivity index (χ4v) is 3.60. The fourth-order valence-electron chi connectivity index (χ4n) is 3.27. The van der Waals surface area contributed by atoms with E-state index in [4.69, 9.17) is 9.47 Å². The van der Waals surface area contributed by atoms with Crippen molar-refractivity contribution in [3.05, 3.63) is 68.7 Å². The molecule has 0 unspecified atom stereocenters. The van der Waals surface area contributed by atoms with Crippen LogP contribution in [0.3, 0.4) is 0 Å². The van der Waals surface area contributed by atoms with Crippen LogP contribution in [0, 0.1) is 11.6 Å². The molecule has 0 atom stereocenters. The number of hydrogen-bond donors (Lipinski definition) is 0. The summed E-state index contributed by atoms with van der Waals surface area (Å²) < 4.78 is 41.5. The van der Waals surface area contributed by atoms with E-state index in [1.54, 1.807) is 24.5 Å². The third-order valence-electron chi connectivity index (χ3n) is 4.67. The van der Waals surface area contributed by atoms with E-state index in [-0.39, 0.29) is 29.5 Å². The molecule has 3 heterocycles. The molecule has 1 aromatic carbocycles. The maximum atomic E-state index is 14.5. The summed E-state index contributed by atoms with van der Waals surface area (Å²) in [6, 6.07) is 5.36. The van der Waals surface area contributed by atoms with Gasteiger partial charge in [0, 0.05) is 41.3 Å². The number of fused-ring (bicyclic) bond motifs is 1. The van der Waals surface area contributed by atoms with E-state index in [9.17, 15) is 13.6 Å². The molecule has 0 bridgehead atoms. The zero-order valence-corrected chi connectivity index (χ0v) is 16.4. The van der Waals surface area contributed by atoms with E-state index >= 15 is 0 Å². The van der Waals surface area contributed by atoms with Crippen molar-refractivity contribution in [3.63, 3.8) is 0 Å². The second-order valence-electron chi connectivity index (χ2n) is 6.64. The number of rotatable bonds is 4. The molecule has 1 aliphatic rings. The lowest BCUT2D eigenvalue weighted by Crippen LogP contribution is -2.27. The minimum absolute atomic E-state index is 0.0193. The van der Waals surface area contributed by atoms with Crippen LogP contribution in [0.1, 0.15) is 18.4 Å². The molecule has 8 heteroatoms. The first-order valence-corrected chi connectivity index (χ1v) is 9.67. The van der Waals surface area contributed by atoms with Crippen molar-refractivity contribution < 1.29 is 18.3 Å². The Balaban J connectivity index is 1.72. The van der Waals surface area contributed by atoms with Gasteiger partial charge in [-0.05, 0) is 34.1 Å². The molecule has 0 amide bonds. The largest absolute Gasteiger partial charge is 0.487 e. The molecular formula is C20H17BrF2N2O3. The number of halogens is 3. The van der Waals surface area contributed by atoms with E-state index in [1.807, 2.05) is 0 Å². The Morgan fingerprint density at radius 3 is 2.82 bits per heavy atom. The van der Waals surface area contributed by atoms with Crippen LogP contribution in [0.5, 0.6) is 5.75 Å². The van der Waals surface area contributed by atoms with Crippen LogP contribution in [-0.2, 0) is 11.3 Å². The first kappa shape index (κ1) is 19.0. The Bertz CT molecular complexity index is 1080. The molecule has 0 N–H and O–H groups in total. The Morgan fingerprint density at radius 2 is 2.04 bits per heavy atom. The van der Waals surface area contributed by atoms with Gasteiger partial charge >= 0.3 is 0 Å². The standard InChI is InChI=1S/C20H17BrF2N2O3/c21-13-8-16-18(24-10-13)1-4-25(20(16)26)11-12-7-14(22)9-17(23)19(12)28-15-2-5-27-6-3-15/h1,4,7-10,15H,2-3,5-6,11H2. The van der Waals surface area contributed by atoms with Gasteiger partial charge in [0.1, 0.15) is 11.9 Å². The number of benzene rings is 1. The molecule has 0 aliphatic carbocycles. The molecule has 0 radical (unpaired) electrons. The molecule has 1 saturated heterocycles. The van der Waals surface area contributed by atoms with Gasteiger partial charge in [0.15, 0.2) is 11.6 Å². The molecule has 5 nitrogen and oxygen atoms in total. The molecule has 1 fully saturated rings. The average Bonchev–Trinajstić information content (AvgIpc) is 2.68. The quantitative estimate of drug-likeness (QED) is 0.601. The van der Waals surface area contributed by atoms with Crippen molar-refractivity contribution in [2.45, 2.75) is 25.5 Å². The topological polar surface area (TPSA) is 53.4 Å². The smallest absolute Gasteiger partial charge is 0.260 e. The molecular weight excluding hydrogens is 434 g/mol. The van der Waals surface area contributed by atoms with Gasteiger partial charge in [-0.15, -0.1) is 0 Å². The lowest BCUT2D eigenvalue weighted by Gasteiger charge is -2.25. The first-order valence-electron chi connectivity index (χ1n) is 8.88. The van der Waals surface area contributed by atoms with E-state index in [0.717, 1.165) is 6.07 Å². The van der Waals surface area contributed by atoms with Gasteiger partial charge in [-0.2, -0.15) is 0 Å². The normalized spacial score (nSPS) is 15.1. The lowest BCUT2D eigenvalue weighted by atomic mass is 10.1. The van der Waals surface area contributed by atoms with E-state index in [2.05, 4.69) is 20.9 Å². The lowest BCUT2D eigenvalue weighted by molar-refractivity contribution is 0.0235. The molecule has 146 valence electrons. The summed E-state index contributed by atoms with van der Waals surface area (Å²) in [5.74, 6) is -1.52. The fraction of sp³-hybridized carbons (Fsp3) is 0.300. The third kappa shape index (κ3) is 3.93. The van der Waals surface area contributed by atoms with E-state index in [1.165, 1.54) is 10.6 Å². The summed E-state index contributed by atoms with van der Waals surface area (Å²) in [7, 11) is 0. The second-order valence-corrected chi connectivity index (χ2v) is 7.56. The predicted octanol–water partition coefficient (Wildman–Crippen LogP) is 4.04. The van der Waals surface area contributed by atoms with Crippen LogP contribution in [-0.4, -0.2) is 28.9 Å². The second kappa shape index (κ2) is 7.97. The number of aromatic nitrogens is 2. The Morgan fingerprint density at radius 1 is 1.25 bits per heavy atom. The van der Waals surface area contributed by atoms with Gasteiger partial charge in [0.25, 0.3) is 5.56 Å². The van der Waals surface area contributed by atoms with Crippen molar-refractivity contribution >= 4 is 26.8 Å². The van der Waals surface area contributed by atoms with Crippen LogP contribution in [0.4, 0.5) is 8.78 Å². The zero-order chi connectivity index (χ0) is 19.7.